The van der Waals surface area contributed by atoms with Crippen molar-refractivity contribution in [1.29, 1.82) is 0 Å². The molecule has 110 valence electrons. The lowest BCUT2D eigenvalue weighted by Gasteiger charge is -2.09. The number of nitrogens with zero attached hydrogens (tertiary/aromatic N) is 1. The number of carbonyl (C=O) groups excluding carboxylic acids is 1. The first-order chi connectivity index (χ1) is 10.2. The first kappa shape index (κ1) is 15.0. The van der Waals surface area contributed by atoms with Crippen molar-refractivity contribution in [2.75, 3.05) is 13.7 Å². The number of methoxy groups -OCH3 is 1. The Morgan fingerprint density at radius 1 is 1.24 bits per heavy atom. The first-order valence-electron chi connectivity index (χ1n) is 6.93. The number of hydrogen-bond acceptors (Lipinski definition) is 4. The summed E-state index contributed by atoms with van der Waals surface area (Å²) in [5.74, 6) is 1.05. The summed E-state index contributed by atoms with van der Waals surface area (Å²) in [4.78, 5) is 16.7. The quantitative estimate of drug-likeness (QED) is 0.763. The van der Waals surface area contributed by atoms with E-state index >= 15 is 0 Å². The van der Waals surface area contributed by atoms with E-state index in [1.807, 2.05) is 26.0 Å². The maximum atomic E-state index is 12.6. The molecule has 4 nitrogen and oxygen atoms in total. The fourth-order valence-corrected chi connectivity index (χ4v) is 1.98. The Kier molecular flexibility index (Phi) is 4.93. The van der Waals surface area contributed by atoms with Gasteiger partial charge in [-0.15, -0.1) is 0 Å². The summed E-state index contributed by atoms with van der Waals surface area (Å²) in [7, 11) is 1.56. The fraction of sp³-hybridized carbons (Fsp3) is 0.294. The molecule has 2 aromatic rings. The van der Waals surface area contributed by atoms with Crippen molar-refractivity contribution in [3.8, 4) is 11.5 Å². The molecule has 0 saturated heterocycles. The molecule has 0 radical (unpaired) electrons. The Morgan fingerprint density at radius 3 is 2.76 bits per heavy atom. The van der Waals surface area contributed by atoms with Gasteiger partial charge in [-0.3, -0.25) is 9.78 Å². The molecule has 0 atom stereocenters. The van der Waals surface area contributed by atoms with E-state index in [0.29, 0.717) is 29.2 Å². The van der Waals surface area contributed by atoms with Gasteiger partial charge in [0.1, 0.15) is 11.5 Å². The monoisotopic (exact) mass is 285 g/mol. The molecule has 0 saturated carbocycles. The van der Waals surface area contributed by atoms with Gasteiger partial charge in [-0.25, -0.2) is 0 Å². The summed E-state index contributed by atoms with van der Waals surface area (Å²) in [5.41, 5.74) is 2.06. The number of aromatic nitrogens is 1. The Hall–Kier alpha value is -2.36. The van der Waals surface area contributed by atoms with Crippen LogP contribution < -0.4 is 9.47 Å². The summed E-state index contributed by atoms with van der Waals surface area (Å²) in [5, 5.41) is 0. The van der Waals surface area contributed by atoms with Crippen molar-refractivity contribution in [3.05, 3.63) is 53.3 Å². The predicted molar refractivity (Wildman–Crippen MR) is 81.2 cm³/mol. The number of rotatable bonds is 6. The molecule has 1 aromatic carbocycles. The van der Waals surface area contributed by atoms with Crippen molar-refractivity contribution in [2.45, 2.75) is 20.3 Å². The van der Waals surface area contributed by atoms with Gasteiger partial charge < -0.3 is 9.47 Å². The zero-order valence-electron chi connectivity index (χ0n) is 12.6. The number of ether oxygens (including phenoxy) is 2. The summed E-state index contributed by atoms with van der Waals surface area (Å²) in [6.45, 7) is 4.59. The van der Waals surface area contributed by atoms with Crippen LogP contribution in [0.4, 0.5) is 0 Å². The Morgan fingerprint density at radius 2 is 2.05 bits per heavy atom. The number of aryl methyl sites for hydroxylation is 1. The van der Waals surface area contributed by atoms with E-state index in [1.54, 1.807) is 31.6 Å². The first-order valence-corrected chi connectivity index (χ1v) is 6.93. The molecule has 0 amide bonds. The zero-order chi connectivity index (χ0) is 15.2. The van der Waals surface area contributed by atoms with Gasteiger partial charge in [-0.1, -0.05) is 13.0 Å². The third kappa shape index (κ3) is 3.60. The van der Waals surface area contributed by atoms with Gasteiger partial charge in [0.25, 0.3) is 0 Å². The number of pyridine rings is 1. The predicted octanol–water partition coefficient (Wildman–Crippen LogP) is 3.42. The Bertz CT molecular complexity index is 638. The number of carbonyl (C=O) groups is 1. The van der Waals surface area contributed by atoms with Crippen LogP contribution in [0.3, 0.4) is 0 Å². The molecule has 4 heteroatoms. The van der Waals surface area contributed by atoms with Crippen LogP contribution in [-0.4, -0.2) is 24.5 Å². The van der Waals surface area contributed by atoms with Crippen molar-refractivity contribution >= 4 is 5.78 Å². The molecule has 0 bridgehead atoms. The maximum absolute atomic E-state index is 12.6. The number of hydrogen-bond donors (Lipinski definition) is 0. The smallest absolute Gasteiger partial charge is 0.198 e. The maximum Gasteiger partial charge on any atom is 0.198 e. The minimum Gasteiger partial charge on any atom is -0.496 e. The van der Waals surface area contributed by atoms with Gasteiger partial charge in [0.15, 0.2) is 5.78 Å². The molecule has 0 aliphatic carbocycles. The van der Waals surface area contributed by atoms with Gasteiger partial charge in [0.2, 0.25) is 0 Å². The van der Waals surface area contributed by atoms with Crippen LogP contribution in [0.5, 0.6) is 11.5 Å². The molecule has 0 aliphatic heterocycles. The highest BCUT2D eigenvalue weighted by Crippen LogP contribution is 2.24. The van der Waals surface area contributed by atoms with E-state index in [0.717, 1.165) is 12.0 Å². The number of benzene rings is 1. The standard InChI is InChI=1S/C17H19NO3/c1-4-7-21-14-9-13(10-18-11-14)17(19)15-6-5-12(2)8-16(15)20-3/h5-6,8-11H,4,7H2,1-3H3. The molecule has 1 heterocycles. The Balaban J connectivity index is 2.31. The second-order valence-corrected chi connectivity index (χ2v) is 4.79. The van der Waals surface area contributed by atoms with Crippen molar-refractivity contribution in [3.63, 3.8) is 0 Å². The molecule has 21 heavy (non-hydrogen) atoms. The van der Waals surface area contributed by atoms with Crippen LogP contribution in [-0.2, 0) is 0 Å². The second kappa shape index (κ2) is 6.88. The van der Waals surface area contributed by atoms with Gasteiger partial charge >= 0.3 is 0 Å². The normalized spacial score (nSPS) is 10.2. The Labute approximate surface area is 124 Å². The minimum absolute atomic E-state index is 0.124. The van der Waals surface area contributed by atoms with E-state index in [1.165, 1.54) is 0 Å². The molecule has 0 spiro atoms. The summed E-state index contributed by atoms with van der Waals surface area (Å²) in [6, 6.07) is 7.22. The highest BCUT2D eigenvalue weighted by atomic mass is 16.5. The zero-order valence-corrected chi connectivity index (χ0v) is 12.6. The van der Waals surface area contributed by atoms with Gasteiger partial charge in [0.05, 0.1) is 25.5 Å². The molecular weight excluding hydrogens is 266 g/mol. The van der Waals surface area contributed by atoms with Crippen molar-refractivity contribution < 1.29 is 14.3 Å². The van der Waals surface area contributed by atoms with E-state index < -0.39 is 0 Å². The van der Waals surface area contributed by atoms with Gasteiger partial charge in [-0.05, 0) is 37.1 Å². The lowest BCUT2D eigenvalue weighted by atomic mass is 10.0. The SMILES string of the molecule is CCCOc1cncc(C(=O)c2ccc(C)cc2OC)c1. The third-order valence-electron chi connectivity index (χ3n) is 3.05. The third-order valence-corrected chi connectivity index (χ3v) is 3.05. The molecule has 0 unspecified atom stereocenters. The van der Waals surface area contributed by atoms with Crippen LogP contribution in [0.1, 0.15) is 34.8 Å². The van der Waals surface area contributed by atoms with E-state index in [2.05, 4.69) is 4.98 Å². The second-order valence-electron chi connectivity index (χ2n) is 4.79. The average Bonchev–Trinajstić information content (AvgIpc) is 2.52. The number of ketones is 1. The molecular formula is C17H19NO3. The van der Waals surface area contributed by atoms with Gasteiger partial charge in [-0.2, -0.15) is 0 Å². The average molecular weight is 285 g/mol. The highest BCUT2D eigenvalue weighted by molar-refractivity contribution is 6.10. The largest absolute Gasteiger partial charge is 0.496 e. The van der Waals surface area contributed by atoms with Crippen LogP contribution in [0.2, 0.25) is 0 Å². The lowest BCUT2D eigenvalue weighted by molar-refractivity contribution is 0.103. The minimum atomic E-state index is -0.124. The molecule has 0 aliphatic rings. The van der Waals surface area contributed by atoms with Crippen molar-refractivity contribution in [2.24, 2.45) is 0 Å². The summed E-state index contributed by atoms with van der Waals surface area (Å²) >= 11 is 0. The van der Waals surface area contributed by atoms with E-state index in [4.69, 9.17) is 9.47 Å². The van der Waals surface area contributed by atoms with Crippen LogP contribution >= 0.6 is 0 Å². The highest BCUT2D eigenvalue weighted by Gasteiger charge is 2.15. The molecule has 0 fully saturated rings. The van der Waals surface area contributed by atoms with E-state index in [9.17, 15) is 4.79 Å². The summed E-state index contributed by atoms with van der Waals surface area (Å²) in [6.07, 6.45) is 4.06. The van der Waals surface area contributed by atoms with Crippen molar-refractivity contribution in [1.82, 2.24) is 4.98 Å². The van der Waals surface area contributed by atoms with Crippen LogP contribution in [0, 0.1) is 6.92 Å². The molecule has 2 rings (SSSR count). The summed E-state index contributed by atoms with van der Waals surface area (Å²) < 4.78 is 10.8. The lowest BCUT2D eigenvalue weighted by Crippen LogP contribution is -2.05. The van der Waals surface area contributed by atoms with E-state index in [-0.39, 0.29) is 5.78 Å². The molecule has 1 aromatic heterocycles. The topological polar surface area (TPSA) is 48.4 Å². The van der Waals surface area contributed by atoms with Crippen LogP contribution in [0.25, 0.3) is 0 Å². The fourth-order valence-electron chi connectivity index (χ4n) is 1.98. The van der Waals surface area contributed by atoms with Gasteiger partial charge in [0, 0.05) is 11.8 Å². The molecule has 0 N–H and O–H groups in total. The van der Waals surface area contributed by atoms with Crippen LogP contribution in [0.15, 0.2) is 36.7 Å².